The van der Waals surface area contributed by atoms with Gasteiger partial charge in [0.05, 0.1) is 4.90 Å². The molecule has 0 aromatic heterocycles. The number of anilines is 1. The van der Waals surface area contributed by atoms with Crippen LogP contribution in [0.15, 0.2) is 77.7 Å². The average molecular weight is 478 g/mol. The van der Waals surface area contributed by atoms with Crippen LogP contribution < -0.4 is 14.9 Å². The van der Waals surface area contributed by atoms with Gasteiger partial charge in [-0.25, -0.2) is 13.1 Å². The van der Waals surface area contributed by atoms with E-state index in [4.69, 9.17) is 0 Å². The molecule has 3 aromatic rings. The fourth-order valence-corrected chi connectivity index (χ4v) is 5.85. The van der Waals surface area contributed by atoms with Gasteiger partial charge in [0.25, 0.3) is 5.91 Å². The van der Waals surface area contributed by atoms with Crippen molar-refractivity contribution in [1.82, 2.24) is 10.0 Å². The largest absolute Gasteiger partial charge is 0.367 e. The Balaban J connectivity index is 1.42. The maximum absolute atomic E-state index is 12.8. The van der Waals surface area contributed by atoms with Crippen LogP contribution >= 0.6 is 0 Å². The number of rotatable bonds is 6. The minimum absolute atomic E-state index is 0.116. The van der Waals surface area contributed by atoms with E-state index in [9.17, 15) is 13.2 Å². The average Bonchev–Trinajstić information content (AvgIpc) is 2.81. The smallest absolute Gasteiger partial charge is 0.251 e. The molecule has 3 aromatic carbocycles. The van der Waals surface area contributed by atoms with Gasteiger partial charge >= 0.3 is 0 Å². The highest BCUT2D eigenvalue weighted by molar-refractivity contribution is 7.89. The predicted molar refractivity (Wildman–Crippen MR) is 135 cm³/mol. The molecule has 0 radical (unpaired) electrons. The Morgan fingerprint density at radius 2 is 1.56 bits per heavy atom. The molecule has 0 spiro atoms. The van der Waals surface area contributed by atoms with E-state index in [-0.39, 0.29) is 17.3 Å². The molecule has 2 N–H and O–H groups in total. The second-order valence-corrected chi connectivity index (χ2v) is 11.3. The molecule has 0 saturated carbocycles. The van der Waals surface area contributed by atoms with Crippen LogP contribution in [-0.2, 0) is 29.5 Å². The Morgan fingerprint density at radius 3 is 2.26 bits per heavy atom. The lowest BCUT2D eigenvalue weighted by Crippen LogP contribution is -2.41. The van der Waals surface area contributed by atoms with Crippen molar-refractivity contribution in [2.24, 2.45) is 0 Å². The van der Waals surface area contributed by atoms with Crippen LogP contribution in [0.1, 0.15) is 47.8 Å². The summed E-state index contributed by atoms with van der Waals surface area (Å²) in [5.74, 6) is -0.244. The van der Waals surface area contributed by atoms with E-state index in [1.54, 1.807) is 45.0 Å². The molecule has 6 nitrogen and oxygen atoms in total. The van der Waals surface area contributed by atoms with E-state index in [1.807, 2.05) is 24.3 Å². The molecule has 0 unspecified atom stereocenters. The molecule has 0 aliphatic carbocycles. The maximum atomic E-state index is 12.8. The summed E-state index contributed by atoms with van der Waals surface area (Å²) in [5, 5.41) is 2.86. The molecule has 1 heterocycles. The lowest BCUT2D eigenvalue weighted by atomic mass is 9.99. The van der Waals surface area contributed by atoms with Crippen LogP contribution in [0.4, 0.5) is 5.69 Å². The standard InChI is InChI=1S/C27H31N3O3S/c1-27(2,3)29-34(32,33)25-11-7-6-9-22(25)18-28-26(31)21-12-14-24(15-13-21)30-17-16-20-8-4-5-10-23(20)19-30/h4-15,29H,16-19H2,1-3H3,(H,28,31). The van der Waals surface area contributed by atoms with Gasteiger partial charge in [0.15, 0.2) is 0 Å². The van der Waals surface area contributed by atoms with E-state index in [0.29, 0.717) is 11.1 Å². The van der Waals surface area contributed by atoms with E-state index in [2.05, 4.69) is 39.2 Å². The third-order valence-electron chi connectivity index (χ3n) is 5.77. The monoisotopic (exact) mass is 477 g/mol. The summed E-state index contributed by atoms with van der Waals surface area (Å²) in [6.07, 6.45) is 1.00. The minimum Gasteiger partial charge on any atom is -0.367 e. The zero-order valence-electron chi connectivity index (χ0n) is 19.8. The van der Waals surface area contributed by atoms with Gasteiger partial charge in [-0.3, -0.25) is 4.79 Å². The van der Waals surface area contributed by atoms with Gasteiger partial charge in [-0.05, 0) is 74.2 Å². The number of nitrogens with zero attached hydrogens (tertiary/aromatic N) is 1. The van der Waals surface area contributed by atoms with Crippen LogP contribution in [0.3, 0.4) is 0 Å². The minimum atomic E-state index is -3.71. The predicted octanol–water partition coefficient (Wildman–Crippen LogP) is 4.26. The van der Waals surface area contributed by atoms with Crippen molar-refractivity contribution >= 4 is 21.6 Å². The third kappa shape index (κ3) is 5.66. The van der Waals surface area contributed by atoms with Crippen molar-refractivity contribution in [2.75, 3.05) is 11.4 Å². The van der Waals surface area contributed by atoms with E-state index in [0.717, 1.165) is 25.2 Å². The van der Waals surface area contributed by atoms with Gasteiger partial charge in [-0.2, -0.15) is 0 Å². The maximum Gasteiger partial charge on any atom is 0.251 e. The summed E-state index contributed by atoms with van der Waals surface area (Å²) in [4.78, 5) is 15.3. The summed E-state index contributed by atoms with van der Waals surface area (Å²) < 4.78 is 28.3. The molecule has 178 valence electrons. The number of carbonyl (C=O) groups is 1. The second-order valence-electron chi connectivity index (χ2n) is 9.63. The zero-order valence-corrected chi connectivity index (χ0v) is 20.7. The molecule has 1 amide bonds. The zero-order chi connectivity index (χ0) is 24.3. The van der Waals surface area contributed by atoms with Crippen molar-refractivity contribution in [3.05, 3.63) is 95.1 Å². The van der Waals surface area contributed by atoms with E-state index < -0.39 is 15.6 Å². The first-order valence-electron chi connectivity index (χ1n) is 11.4. The number of hydrogen-bond acceptors (Lipinski definition) is 4. The van der Waals surface area contributed by atoms with Crippen LogP contribution in [0.5, 0.6) is 0 Å². The lowest BCUT2D eigenvalue weighted by molar-refractivity contribution is 0.0950. The molecular weight excluding hydrogens is 446 g/mol. The quantitative estimate of drug-likeness (QED) is 0.556. The highest BCUT2D eigenvalue weighted by Gasteiger charge is 2.24. The third-order valence-corrected chi connectivity index (χ3v) is 7.63. The fourth-order valence-electron chi connectivity index (χ4n) is 4.19. The fraction of sp³-hybridized carbons (Fsp3) is 0.296. The SMILES string of the molecule is CC(C)(C)NS(=O)(=O)c1ccccc1CNC(=O)c1ccc(N2CCc3ccccc3C2)cc1. The summed E-state index contributed by atoms with van der Waals surface area (Å²) in [7, 11) is -3.71. The van der Waals surface area contributed by atoms with Crippen LogP contribution in [-0.4, -0.2) is 26.4 Å². The molecular formula is C27H31N3O3S. The van der Waals surface area contributed by atoms with Crippen LogP contribution in [0.25, 0.3) is 0 Å². The molecule has 7 heteroatoms. The Kier molecular flexibility index (Phi) is 6.77. The molecule has 4 rings (SSSR count). The number of nitrogens with one attached hydrogen (secondary N) is 2. The van der Waals surface area contributed by atoms with E-state index in [1.165, 1.54) is 11.1 Å². The topological polar surface area (TPSA) is 78.5 Å². The van der Waals surface area contributed by atoms with E-state index >= 15 is 0 Å². The number of carbonyl (C=O) groups excluding carboxylic acids is 1. The van der Waals surface area contributed by atoms with Gasteiger partial charge in [-0.15, -0.1) is 0 Å². The molecule has 1 aliphatic heterocycles. The number of hydrogen-bond donors (Lipinski definition) is 2. The van der Waals surface area contributed by atoms with Crippen LogP contribution in [0.2, 0.25) is 0 Å². The van der Waals surface area contributed by atoms with Crippen molar-refractivity contribution in [2.45, 2.75) is 50.7 Å². The normalized spacial score (nSPS) is 13.9. The Morgan fingerprint density at radius 1 is 0.912 bits per heavy atom. The molecule has 0 fully saturated rings. The summed E-state index contributed by atoms with van der Waals surface area (Å²) in [5.41, 5.74) is 4.29. The van der Waals surface area contributed by atoms with Crippen molar-refractivity contribution in [3.8, 4) is 0 Å². The van der Waals surface area contributed by atoms with Gasteiger partial charge in [-0.1, -0.05) is 42.5 Å². The Bertz CT molecular complexity index is 1280. The second kappa shape index (κ2) is 9.60. The molecule has 0 saturated heterocycles. The number of amides is 1. The molecule has 34 heavy (non-hydrogen) atoms. The Labute approximate surface area is 202 Å². The summed E-state index contributed by atoms with van der Waals surface area (Å²) in [6.45, 7) is 7.29. The van der Waals surface area contributed by atoms with Gasteiger partial charge in [0.2, 0.25) is 10.0 Å². The molecule has 0 bridgehead atoms. The molecule has 0 atom stereocenters. The number of sulfonamides is 1. The van der Waals surface area contributed by atoms with Crippen molar-refractivity contribution < 1.29 is 13.2 Å². The van der Waals surface area contributed by atoms with Gasteiger partial charge in [0.1, 0.15) is 0 Å². The Hall–Kier alpha value is -3.16. The highest BCUT2D eigenvalue weighted by Crippen LogP contribution is 2.25. The van der Waals surface area contributed by atoms with Crippen molar-refractivity contribution in [3.63, 3.8) is 0 Å². The number of fused-ring (bicyclic) bond motifs is 1. The highest BCUT2D eigenvalue weighted by atomic mass is 32.2. The summed E-state index contributed by atoms with van der Waals surface area (Å²) >= 11 is 0. The van der Waals surface area contributed by atoms with Gasteiger partial charge < -0.3 is 10.2 Å². The van der Waals surface area contributed by atoms with Crippen LogP contribution in [0, 0.1) is 0 Å². The van der Waals surface area contributed by atoms with Crippen molar-refractivity contribution in [1.29, 1.82) is 0 Å². The number of benzene rings is 3. The molecule has 1 aliphatic rings. The lowest BCUT2D eigenvalue weighted by Gasteiger charge is -2.30. The first-order chi connectivity index (χ1) is 16.1. The first-order valence-corrected chi connectivity index (χ1v) is 12.9. The first kappa shape index (κ1) is 24.0. The van der Waals surface area contributed by atoms with Gasteiger partial charge in [0, 0.05) is 36.4 Å². The summed E-state index contributed by atoms with van der Waals surface area (Å²) in [6, 6.07) is 22.8.